The molecule has 4 aliphatic rings. The van der Waals surface area contributed by atoms with Gasteiger partial charge >= 0.3 is 6.09 Å². The van der Waals surface area contributed by atoms with Crippen LogP contribution in [0.15, 0.2) is 16.8 Å². The molecule has 1 atom stereocenters. The summed E-state index contributed by atoms with van der Waals surface area (Å²) >= 11 is 1.88. The average molecular weight is 650 g/mol. The number of aromatic nitrogens is 3. The molecule has 4 fully saturated rings. The van der Waals surface area contributed by atoms with Gasteiger partial charge in [-0.3, -0.25) is 4.98 Å². The van der Waals surface area contributed by atoms with Crippen molar-refractivity contribution in [3.8, 4) is 0 Å². The SMILES string of the molecule is CC(C)(F)c1nc(C23CCC(C(OC(=O)NC4CCC(F)(F)CC4)c4cc(I)c(F)cn4)(CC2)CC3)no1. The highest BCUT2D eigenvalue weighted by atomic mass is 127. The summed E-state index contributed by atoms with van der Waals surface area (Å²) in [7, 11) is 0. The smallest absolute Gasteiger partial charge is 0.408 e. The molecule has 1 N–H and O–H groups in total. The van der Waals surface area contributed by atoms with Crippen molar-refractivity contribution in [3.05, 3.63) is 39.1 Å². The van der Waals surface area contributed by atoms with Crippen molar-refractivity contribution in [3.63, 3.8) is 0 Å². The molecule has 4 saturated carbocycles. The van der Waals surface area contributed by atoms with E-state index in [1.54, 1.807) is 6.07 Å². The Balaban J connectivity index is 1.35. The number of hydrogen-bond donors (Lipinski definition) is 1. The van der Waals surface area contributed by atoms with Crippen LogP contribution in [0.1, 0.15) is 102 Å². The molecule has 2 bridgehead atoms. The van der Waals surface area contributed by atoms with E-state index in [0.717, 1.165) is 6.20 Å². The lowest BCUT2D eigenvalue weighted by Crippen LogP contribution is -2.49. The van der Waals surface area contributed by atoms with Gasteiger partial charge in [-0.1, -0.05) is 5.16 Å². The van der Waals surface area contributed by atoms with Crippen LogP contribution in [-0.2, 0) is 15.8 Å². The molecule has 38 heavy (non-hydrogen) atoms. The number of nitrogens with one attached hydrogen (secondary N) is 1. The zero-order valence-corrected chi connectivity index (χ0v) is 23.5. The van der Waals surface area contributed by atoms with Crippen molar-refractivity contribution in [2.45, 2.75) is 107 Å². The lowest BCUT2D eigenvalue weighted by atomic mass is 9.51. The molecule has 1 amide bonds. The summed E-state index contributed by atoms with van der Waals surface area (Å²) in [5.41, 5.74) is -2.07. The molecule has 12 heteroatoms. The van der Waals surface area contributed by atoms with Crippen molar-refractivity contribution in [2.75, 3.05) is 0 Å². The van der Waals surface area contributed by atoms with E-state index in [9.17, 15) is 22.4 Å². The van der Waals surface area contributed by atoms with Gasteiger partial charge in [-0.15, -0.1) is 0 Å². The van der Waals surface area contributed by atoms with Crippen LogP contribution < -0.4 is 5.32 Å². The molecule has 0 spiro atoms. The molecular weight excluding hydrogens is 619 g/mol. The second kappa shape index (κ2) is 9.88. The third kappa shape index (κ3) is 5.38. The van der Waals surface area contributed by atoms with E-state index in [0.29, 0.717) is 53.6 Å². The van der Waals surface area contributed by atoms with Gasteiger partial charge in [0, 0.05) is 29.7 Å². The predicted molar refractivity (Wildman–Crippen MR) is 137 cm³/mol. The van der Waals surface area contributed by atoms with Crippen molar-refractivity contribution < 1.29 is 31.6 Å². The highest BCUT2D eigenvalue weighted by Gasteiger charge is 2.56. The van der Waals surface area contributed by atoms with E-state index >= 15 is 0 Å². The van der Waals surface area contributed by atoms with Crippen LogP contribution in [0, 0.1) is 14.8 Å². The van der Waals surface area contributed by atoms with E-state index in [1.807, 2.05) is 22.6 Å². The van der Waals surface area contributed by atoms with E-state index in [-0.39, 0.29) is 43.0 Å². The molecule has 2 heterocycles. The van der Waals surface area contributed by atoms with Crippen LogP contribution in [0.5, 0.6) is 0 Å². The largest absolute Gasteiger partial charge is 0.439 e. The molecule has 2 aromatic heterocycles. The Labute approximate surface area is 232 Å². The predicted octanol–water partition coefficient (Wildman–Crippen LogP) is 7.05. The van der Waals surface area contributed by atoms with E-state index in [4.69, 9.17) is 9.26 Å². The highest BCUT2D eigenvalue weighted by molar-refractivity contribution is 14.1. The fourth-order valence-electron chi connectivity index (χ4n) is 6.19. The normalized spacial score (nSPS) is 28.2. The first-order valence-corrected chi connectivity index (χ1v) is 14.1. The molecule has 2 aromatic rings. The topological polar surface area (TPSA) is 90.1 Å². The minimum absolute atomic E-state index is 0.0484. The maximum absolute atomic E-state index is 14.4. The number of alkyl halides is 3. The average Bonchev–Trinajstić information content (AvgIpc) is 3.39. The molecule has 4 aliphatic carbocycles. The summed E-state index contributed by atoms with van der Waals surface area (Å²) in [6.07, 6.45) is 3.57. The summed E-state index contributed by atoms with van der Waals surface area (Å²) in [4.78, 5) is 21.7. The number of carbonyl (C=O) groups is 1. The van der Waals surface area contributed by atoms with Gasteiger partial charge < -0.3 is 14.6 Å². The molecule has 7 nitrogen and oxygen atoms in total. The first-order chi connectivity index (χ1) is 17.8. The number of halogens is 5. The quantitative estimate of drug-likeness (QED) is 0.266. The summed E-state index contributed by atoms with van der Waals surface area (Å²) < 4.78 is 67.1. The summed E-state index contributed by atoms with van der Waals surface area (Å²) in [6.45, 7) is 2.75. The summed E-state index contributed by atoms with van der Waals surface area (Å²) in [5.74, 6) is -2.71. The molecule has 0 saturated heterocycles. The van der Waals surface area contributed by atoms with Crippen molar-refractivity contribution in [1.82, 2.24) is 20.4 Å². The fourth-order valence-corrected chi connectivity index (χ4v) is 6.65. The number of carbonyl (C=O) groups excluding carboxylic acids is 1. The van der Waals surface area contributed by atoms with Gasteiger partial charge in [-0.05, 0) is 93.9 Å². The Kier molecular flexibility index (Phi) is 7.17. The maximum Gasteiger partial charge on any atom is 0.408 e. The lowest BCUT2D eigenvalue weighted by Gasteiger charge is -2.54. The first-order valence-electron chi connectivity index (χ1n) is 13.0. The monoisotopic (exact) mass is 650 g/mol. The second-order valence-electron chi connectivity index (χ2n) is 11.6. The second-order valence-corrected chi connectivity index (χ2v) is 12.8. The molecule has 6 rings (SSSR count). The Bertz CT molecular complexity index is 1170. The van der Waals surface area contributed by atoms with Crippen molar-refractivity contribution in [1.29, 1.82) is 0 Å². The number of alkyl carbamates (subject to hydrolysis) is 1. The standard InChI is InChI=1S/C26H31F4IN4O3/c1-23(2,28)21-34-20(35-38-21)25-10-7-24(8-11-25,9-12-25)19(18-13-17(31)16(27)14-32-18)37-22(36)33-15-3-5-26(29,30)6-4-15/h13-15,19H,3-12H2,1-2H3,(H,33,36). The molecular formula is C26H31F4IN4O3. The molecule has 0 aromatic carbocycles. The zero-order chi connectivity index (χ0) is 27.3. The molecule has 208 valence electrons. The van der Waals surface area contributed by atoms with Gasteiger partial charge in [0.05, 0.1) is 15.5 Å². The van der Waals surface area contributed by atoms with Gasteiger partial charge in [0.15, 0.2) is 23.4 Å². The van der Waals surface area contributed by atoms with Gasteiger partial charge in [-0.2, -0.15) is 4.98 Å². The van der Waals surface area contributed by atoms with E-state index in [2.05, 4.69) is 20.4 Å². The van der Waals surface area contributed by atoms with Crippen LogP contribution >= 0.6 is 22.6 Å². The van der Waals surface area contributed by atoms with Crippen LogP contribution in [0.3, 0.4) is 0 Å². The lowest BCUT2D eigenvalue weighted by molar-refractivity contribution is -0.0779. The third-order valence-electron chi connectivity index (χ3n) is 8.63. The number of ether oxygens (including phenoxy) is 1. The third-order valence-corrected chi connectivity index (χ3v) is 9.46. The van der Waals surface area contributed by atoms with Crippen LogP contribution in [-0.4, -0.2) is 33.2 Å². The first kappa shape index (κ1) is 27.6. The van der Waals surface area contributed by atoms with Crippen LogP contribution in [0.25, 0.3) is 0 Å². The number of nitrogens with zero attached hydrogens (tertiary/aromatic N) is 3. The number of pyridine rings is 1. The number of hydrogen-bond acceptors (Lipinski definition) is 6. The summed E-state index contributed by atoms with van der Waals surface area (Å²) in [6, 6.07) is 1.20. The highest BCUT2D eigenvalue weighted by Crippen LogP contribution is 2.62. The van der Waals surface area contributed by atoms with Gasteiger partial charge in [0.25, 0.3) is 5.89 Å². The van der Waals surface area contributed by atoms with E-state index in [1.165, 1.54) is 13.8 Å². The maximum atomic E-state index is 14.4. The van der Waals surface area contributed by atoms with Gasteiger partial charge in [0.2, 0.25) is 5.92 Å². The fraction of sp³-hybridized carbons (Fsp3) is 0.692. The van der Waals surface area contributed by atoms with Crippen LogP contribution in [0.4, 0.5) is 22.4 Å². The molecule has 1 unspecified atom stereocenters. The van der Waals surface area contributed by atoms with Gasteiger partial charge in [-0.25, -0.2) is 22.4 Å². The minimum atomic E-state index is -2.70. The number of rotatable bonds is 6. The Morgan fingerprint density at radius 2 is 1.79 bits per heavy atom. The minimum Gasteiger partial charge on any atom is -0.439 e. The van der Waals surface area contributed by atoms with E-state index < -0.39 is 35.0 Å². The molecule has 0 radical (unpaired) electrons. The van der Waals surface area contributed by atoms with Crippen molar-refractivity contribution >= 4 is 28.7 Å². The van der Waals surface area contributed by atoms with Gasteiger partial charge in [0.1, 0.15) is 0 Å². The Morgan fingerprint density at radius 3 is 2.34 bits per heavy atom. The number of amides is 1. The molecule has 0 aliphatic heterocycles. The summed E-state index contributed by atoms with van der Waals surface area (Å²) in [5, 5.41) is 6.87. The van der Waals surface area contributed by atoms with Crippen molar-refractivity contribution in [2.24, 2.45) is 5.41 Å². The zero-order valence-electron chi connectivity index (χ0n) is 21.3. The van der Waals surface area contributed by atoms with Crippen LogP contribution in [0.2, 0.25) is 0 Å². The number of fused-ring (bicyclic) bond motifs is 3. The Hall–Kier alpha value is -1.99. The Morgan fingerprint density at radius 1 is 1.16 bits per heavy atom.